The third-order valence-electron chi connectivity index (χ3n) is 3.53. The molecular formula is C14H19NO4S. The summed E-state index contributed by atoms with van der Waals surface area (Å²) in [5, 5.41) is 9.22. The van der Waals surface area contributed by atoms with Crippen LogP contribution in [0, 0.1) is 0 Å². The number of likely N-dealkylation sites (tertiary alicyclic amines) is 1. The molecule has 2 rings (SSSR count). The predicted octanol–water partition coefficient (Wildman–Crippen LogP) is 1.45. The van der Waals surface area contributed by atoms with Crippen LogP contribution >= 0.6 is 11.3 Å². The number of ether oxygens (including phenoxy) is 1. The van der Waals surface area contributed by atoms with Gasteiger partial charge < -0.3 is 14.7 Å². The number of hydrogen-bond acceptors (Lipinski definition) is 5. The minimum atomic E-state index is -0.309. The fourth-order valence-corrected chi connectivity index (χ4v) is 3.40. The van der Waals surface area contributed by atoms with Crippen LogP contribution in [0.1, 0.15) is 33.8 Å². The number of carbonyl (C=O) groups is 2. The van der Waals surface area contributed by atoms with Gasteiger partial charge in [0.2, 0.25) is 5.91 Å². The lowest BCUT2D eigenvalue weighted by molar-refractivity contribution is -0.129. The van der Waals surface area contributed by atoms with Gasteiger partial charge in [-0.05, 0) is 31.4 Å². The number of thiophene rings is 1. The second-order valence-electron chi connectivity index (χ2n) is 4.82. The highest BCUT2D eigenvalue weighted by molar-refractivity contribution is 7.13. The zero-order valence-electron chi connectivity index (χ0n) is 11.5. The molecule has 1 atom stereocenters. The van der Waals surface area contributed by atoms with Crippen molar-refractivity contribution in [2.75, 3.05) is 20.3 Å². The van der Waals surface area contributed by atoms with Crippen LogP contribution in [0.3, 0.4) is 0 Å². The van der Waals surface area contributed by atoms with Crippen LogP contribution in [0.4, 0.5) is 0 Å². The van der Waals surface area contributed by atoms with Gasteiger partial charge in [-0.25, -0.2) is 4.79 Å². The molecule has 1 amide bonds. The number of hydrogen-bond donors (Lipinski definition) is 1. The van der Waals surface area contributed by atoms with E-state index in [4.69, 9.17) is 0 Å². The summed E-state index contributed by atoms with van der Waals surface area (Å²) in [5.74, 6) is -0.179. The Morgan fingerprint density at radius 3 is 3.05 bits per heavy atom. The maximum absolute atomic E-state index is 11.7. The SMILES string of the molecule is COC(=O)c1ccc(CCCN2C(=O)CCC2CO)s1. The highest BCUT2D eigenvalue weighted by Gasteiger charge is 2.29. The Morgan fingerprint density at radius 1 is 1.55 bits per heavy atom. The van der Waals surface area contributed by atoms with Crippen molar-refractivity contribution in [3.8, 4) is 0 Å². The van der Waals surface area contributed by atoms with E-state index in [0.29, 0.717) is 17.8 Å². The molecule has 1 aliphatic rings. The van der Waals surface area contributed by atoms with E-state index < -0.39 is 0 Å². The normalized spacial score (nSPS) is 18.6. The summed E-state index contributed by atoms with van der Waals surface area (Å²) in [6, 6.07) is 3.67. The number of methoxy groups -OCH3 is 1. The lowest BCUT2D eigenvalue weighted by Crippen LogP contribution is -2.36. The summed E-state index contributed by atoms with van der Waals surface area (Å²) < 4.78 is 4.67. The Kier molecular flexibility index (Phi) is 5.14. The van der Waals surface area contributed by atoms with Crippen LogP contribution in [-0.2, 0) is 16.0 Å². The van der Waals surface area contributed by atoms with Gasteiger partial charge in [0, 0.05) is 17.8 Å². The van der Waals surface area contributed by atoms with Crippen molar-refractivity contribution in [1.82, 2.24) is 4.90 Å². The first-order chi connectivity index (χ1) is 9.65. The molecule has 5 nitrogen and oxygen atoms in total. The Hall–Kier alpha value is -1.40. The number of amides is 1. The summed E-state index contributed by atoms with van der Waals surface area (Å²) in [5.41, 5.74) is 0. The van der Waals surface area contributed by atoms with Crippen molar-refractivity contribution in [3.63, 3.8) is 0 Å². The van der Waals surface area contributed by atoms with Gasteiger partial charge in [-0.2, -0.15) is 0 Å². The maximum atomic E-state index is 11.7. The topological polar surface area (TPSA) is 66.8 Å². The van der Waals surface area contributed by atoms with E-state index >= 15 is 0 Å². The Morgan fingerprint density at radius 2 is 2.35 bits per heavy atom. The average Bonchev–Trinajstić information content (AvgIpc) is 3.06. The third kappa shape index (κ3) is 3.37. The fraction of sp³-hybridized carbons (Fsp3) is 0.571. The fourth-order valence-electron chi connectivity index (χ4n) is 2.44. The number of esters is 1. The van der Waals surface area contributed by atoms with E-state index in [1.807, 2.05) is 6.07 Å². The standard InChI is InChI=1S/C14H19NO4S/c1-19-14(18)12-6-5-11(20-12)3-2-8-15-10(9-16)4-7-13(15)17/h5-6,10,16H,2-4,7-9H2,1H3. The molecule has 20 heavy (non-hydrogen) atoms. The zero-order valence-corrected chi connectivity index (χ0v) is 12.3. The van der Waals surface area contributed by atoms with Gasteiger partial charge in [-0.3, -0.25) is 4.79 Å². The summed E-state index contributed by atoms with van der Waals surface area (Å²) in [4.78, 5) is 26.5. The van der Waals surface area contributed by atoms with E-state index in [1.165, 1.54) is 18.4 Å². The largest absolute Gasteiger partial charge is 0.465 e. The molecule has 6 heteroatoms. The molecule has 1 aromatic rings. The smallest absolute Gasteiger partial charge is 0.348 e. The predicted molar refractivity (Wildman–Crippen MR) is 75.8 cm³/mol. The lowest BCUT2D eigenvalue weighted by Gasteiger charge is -2.22. The molecule has 1 N–H and O–H groups in total. The van der Waals surface area contributed by atoms with Crippen LogP contribution in [0.5, 0.6) is 0 Å². The van der Waals surface area contributed by atoms with Crippen molar-refractivity contribution in [3.05, 3.63) is 21.9 Å². The van der Waals surface area contributed by atoms with E-state index in [0.717, 1.165) is 24.1 Å². The third-order valence-corrected chi connectivity index (χ3v) is 4.66. The molecule has 1 fully saturated rings. The van der Waals surface area contributed by atoms with Crippen LogP contribution in [0.2, 0.25) is 0 Å². The molecule has 0 spiro atoms. The number of aryl methyl sites for hydroxylation is 1. The van der Waals surface area contributed by atoms with Crippen LogP contribution in [-0.4, -0.2) is 48.2 Å². The molecule has 1 unspecified atom stereocenters. The zero-order chi connectivity index (χ0) is 14.5. The monoisotopic (exact) mass is 297 g/mol. The van der Waals surface area contributed by atoms with Crippen molar-refractivity contribution < 1.29 is 19.4 Å². The Bertz CT molecular complexity index is 485. The molecule has 2 heterocycles. The second-order valence-corrected chi connectivity index (χ2v) is 5.99. The van der Waals surface area contributed by atoms with Crippen molar-refractivity contribution in [2.45, 2.75) is 31.7 Å². The van der Waals surface area contributed by atoms with Crippen LogP contribution in [0.15, 0.2) is 12.1 Å². The highest BCUT2D eigenvalue weighted by atomic mass is 32.1. The molecule has 1 saturated heterocycles. The summed E-state index contributed by atoms with van der Waals surface area (Å²) in [6.07, 6.45) is 2.95. The molecule has 0 radical (unpaired) electrons. The van der Waals surface area contributed by atoms with E-state index in [1.54, 1.807) is 11.0 Å². The molecule has 0 saturated carbocycles. The highest BCUT2D eigenvalue weighted by Crippen LogP contribution is 2.21. The molecule has 0 aliphatic carbocycles. The van der Waals surface area contributed by atoms with Gasteiger partial charge >= 0.3 is 5.97 Å². The van der Waals surface area contributed by atoms with Crippen LogP contribution < -0.4 is 0 Å². The number of carbonyl (C=O) groups excluding carboxylic acids is 2. The Labute approximate surface area is 122 Å². The number of aliphatic hydroxyl groups is 1. The molecule has 1 aromatic heterocycles. The van der Waals surface area contributed by atoms with Crippen molar-refractivity contribution >= 4 is 23.2 Å². The summed E-state index contributed by atoms with van der Waals surface area (Å²) >= 11 is 1.43. The number of nitrogens with zero attached hydrogens (tertiary/aromatic N) is 1. The lowest BCUT2D eigenvalue weighted by atomic mass is 10.2. The van der Waals surface area contributed by atoms with Crippen molar-refractivity contribution in [1.29, 1.82) is 0 Å². The van der Waals surface area contributed by atoms with E-state index in [-0.39, 0.29) is 24.5 Å². The van der Waals surface area contributed by atoms with Gasteiger partial charge in [0.15, 0.2) is 0 Å². The van der Waals surface area contributed by atoms with E-state index in [2.05, 4.69) is 4.74 Å². The molecular weight excluding hydrogens is 278 g/mol. The van der Waals surface area contributed by atoms with Gasteiger partial charge in [0.05, 0.1) is 19.8 Å². The van der Waals surface area contributed by atoms with Gasteiger partial charge in [0.25, 0.3) is 0 Å². The molecule has 1 aliphatic heterocycles. The number of aliphatic hydroxyl groups excluding tert-OH is 1. The van der Waals surface area contributed by atoms with Gasteiger partial charge in [-0.1, -0.05) is 0 Å². The maximum Gasteiger partial charge on any atom is 0.348 e. The first-order valence-electron chi connectivity index (χ1n) is 6.73. The van der Waals surface area contributed by atoms with Crippen LogP contribution in [0.25, 0.3) is 0 Å². The van der Waals surface area contributed by atoms with Gasteiger partial charge in [0.1, 0.15) is 4.88 Å². The quantitative estimate of drug-likeness (QED) is 0.807. The minimum absolute atomic E-state index is 0.0172. The first-order valence-corrected chi connectivity index (χ1v) is 7.54. The second kappa shape index (κ2) is 6.85. The van der Waals surface area contributed by atoms with E-state index in [9.17, 15) is 14.7 Å². The summed E-state index contributed by atoms with van der Waals surface area (Å²) in [6.45, 7) is 0.701. The Balaban J connectivity index is 1.82. The summed E-state index contributed by atoms with van der Waals surface area (Å²) in [7, 11) is 1.37. The average molecular weight is 297 g/mol. The molecule has 110 valence electrons. The first kappa shape index (κ1) is 15.0. The number of rotatable bonds is 6. The molecule has 0 bridgehead atoms. The van der Waals surface area contributed by atoms with Crippen molar-refractivity contribution in [2.24, 2.45) is 0 Å². The van der Waals surface area contributed by atoms with Gasteiger partial charge in [-0.15, -0.1) is 11.3 Å². The minimum Gasteiger partial charge on any atom is -0.465 e. The molecule has 0 aromatic carbocycles.